The van der Waals surface area contributed by atoms with E-state index in [0.717, 1.165) is 18.4 Å². The summed E-state index contributed by atoms with van der Waals surface area (Å²) in [6.07, 6.45) is 9.87. The van der Waals surface area contributed by atoms with Crippen LogP contribution in [-0.4, -0.2) is 0 Å². The van der Waals surface area contributed by atoms with E-state index >= 15 is 0 Å². The van der Waals surface area contributed by atoms with E-state index in [1.807, 2.05) is 6.92 Å². The van der Waals surface area contributed by atoms with Crippen LogP contribution in [0.1, 0.15) is 67.9 Å². The largest absolute Gasteiger partial charge is 0.0961 e. The lowest BCUT2D eigenvalue weighted by Gasteiger charge is -2.18. The molecule has 0 nitrogen and oxygen atoms in total. The summed E-state index contributed by atoms with van der Waals surface area (Å²) < 4.78 is 0. The minimum absolute atomic E-state index is 0.959. The Bertz CT molecular complexity index is 933. The van der Waals surface area contributed by atoms with Gasteiger partial charge in [-0.1, -0.05) is 87.2 Å². The van der Waals surface area contributed by atoms with Crippen LogP contribution >= 0.6 is 0 Å². The first-order valence-electron chi connectivity index (χ1n) is 10.5. The van der Waals surface area contributed by atoms with Gasteiger partial charge in [-0.2, -0.15) is 0 Å². The highest BCUT2D eigenvalue weighted by molar-refractivity contribution is 5.98. The summed E-state index contributed by atoms with van der Waals surface area (Å²) >= 11 is 0. The fraction of sp³-hybridized carbons (Fsp3) is 0.286. The van der Waals surface area contributed by atoms with Crippen molar-refractivity contribution in [3.05, 3.63) is 101 Å². The van der Waals surface area contributed by atoms with Crippen LogP contribution in [0.15, 0.2) is 72.8 Å². The summed E-state index contributed by atoms with van der Waals surface area (Å²) in [5.41, 5.74) is 11.9. The number of hydrogen-bond donors (Lipinski definition) is 0. The number of benzene rings is 2. The van der Waals surface area contributed by atoms with Gasteiger partial charge < -0.3 is 0 Å². The highest BCUT2D eigenvalue weighted by atomic mass is 14.2. The van der Waals surface area contributed by atoms with Crippen LogP contribution in [-0.2, 0) is 12.8 Å². The third kappa shape index (κ3) is 4.44. The lowest BCUT2D eigenvalue weighted by atomic mass is 9.86. The third-order valence-electron chi connectivity index (χ3n) is 5.64. The van der Waals surface area contributed by atoms with Crippen LogP contribution < -0.4 is 0 Å². The fourth-order valence-electron chi connectivity index (χ4n) is 4.05. The van der Waals surface area contributed by atoms with Crippen LogP contribution in [0, 0.1) is 0 Å². The number of hydrogen-bond acceptors (Lipinski definition) is 0. The van der Waals surface area contributed by atoms with E-state index in [2.05, 4.69) is 81.6 Å². The van der Waals surface area contributed by atoms with E-state index in [4.69, 9.17) is 0 Å². The van der Waals surface area contributed by atoms with Crippen molar-refractivity contribution in [1.82, 2.24) is 0 Å². The third-order valence-corrected chi connectivity index (χ3v) is 5.64. The Morgan fingerprint density at radius 3 is 2.21 bits per heavy atom. The van der Waals surface area contributed by atoms with Crippen molar-refractivity contribution in [1.29, 1.82) is 0 Å². The normalized spacial score (nSPS) is 14.1. The van der Waals surface area contributed by atoms with Gasteiger partial charge in [-0.05, 0) is 83.6 Å². The predicted molar refractivity (Wildman–Crippen MR) is 125 cm³/mol. The zero-order valence-corrected chi connectivity index (χ0v) is 17.6. The quantitative estimate of drug-likeness (QED) is 0.342. The molecule has 0 spiro atoms. The molecule has 144 valence electrons. The second-order valence-electron chi connectivity index (χ2n) is 7.80. The molecule has 0 atom stereocenters. The number of aryl methyl sites for hydroxylation is 2. The maximum atomic E-state index is 4.42. The Morgan fingerprint density at radius 1 is 0.893 bits per heavy atom. The molecule has 28 heavy (non-hydrogen) atoms. The summed E-state index contributed by atoms with van der Waals surface area (Å²) in [7, 11) is 0. The smallest absolute Gasteiger partial charge is 0.0120 e. The molecule has 0 heterocycles. The van der Waals surface area contributed by atoms with Gasteiger partial charge in [0.05, 0.1) is 0 Å². The van der Waals surface area contributed by atoms with Gasteiger partial charge in [0.25, 0.3) is 0 Å². The molecule has 0 aliphatic heterocycles. The molecule has 3 rings (SSSR count). The molecule has 0 radical (unpaired) electrons. The molecule has 0 amide bonds. The highest BCUT2D eigenvalue weighted by Crippen LogP contribution is 2.36. The van der Waals surface area contributed by atoms with Gasteiger partial charge >= 0.3 is 0 Å². The molecule has 1 aliphatic rings. The predicted octanol–water partition coefficient (Wildman–Crippen LogP) is 8.05. The molecule has 0 fully saturated rings. The van der Waals surface area contributed by atoms with Crippen LogP contribution in [0.25, 0.3) is 17.2 Å². The van der Waals surface area contributed by atoms with Gasteiger partial charge in [0.2, 0.25) is 0 Å². The zero-order chi connectivity index (χ0) is 20.1. The van der Waals surface area contributed by atoms with Crippen molar-refractivity contribution in [3.8, 4) is 0 Å². The molecule has 0 saturated carbocycles. The maximum absolute atomic E-state index is 4.42. The first-order chi connectivity index (χ1) is 13.5. The van der Waals surface area contributed by atoms with E-state index in [9.17, 15) is 0 Å². The standard InChI is InChI=1S/C28H32/c1-6-21(5)28(24-15-13-22(14-16-24)12-11-20(3)4)27(7-2)26-18-17-23-9-8-10-25(23)19-26/h11-19H,3,5-10H2,1-2,4H3/b12-11+,28-27-. The van der Waals surface area contributed by atoms with Gasteiger partial charge in [-0.15, -0.1) is 0 Å². The lowest BCUT2D eigenvalue weighted by molar-refractivity contribution is 0.911. The summed E-state index contributed by atoms with van der Waals surface area (Å²) in [6.45, 7) is 14.8. The van der Waals surface area contributed by atoms with Crippen molar-refractivity contribution in [3.63, 3.8) is 0 Å². The molecule has 0 bridgehead atoms. The molecule has 0 N–H and O–H groups in total. The van der Waals surface area contributed by atoms with Crippen molar-refractivity contribution >= 4 is 17.2 Å². The monoisotopic (exact) mass is 368 g/mol. The summed E-state index contributed by atoms with van der Waals surface area (Å²) in [6, 6.07) is 15.9. The van der Waals surface area contributed by atoms with Crippen LogP contribution in [0.4, 0.5) is 0 Å². The topological polar surface area (TPSA) is 0 Å². The van der Waals surface area contributed by atoms with Crippen LogP contribution in [0.3, 0.4) is 0 Å². The van der Waals surface area contributed by atoms with Gasteiger partial charge in [-0.25, -0.2) is 0 Å². The van der Waals surface area contributed by atoms with E-state index in [-0.39, 0.29) is 0 Å². The Labute approximate surface area is 171 Å². The first kappa shape index (κ1) is 20.1. The average molecular weight is 369 g/mol. The molecule has 0 saturated heterocycles. The van der Waals surface area contributed by atoms with Gasteiger partial charge in [-0.3, -0.25) is 0 Å². The molecule has 2 aromatic carbocycles. The molecule has 0 unspecified atom stereocenters. The molecule has 0 heteroatoms. The second-order valence-corrected chi connectivity index (χ2v) is 7.80. The summed E-state index contributed by atoms with van der Waals surface area (Å²) in [5, 5.41) is 0. The summed E-state index contributed by atoms with van der Waals surface area (Å²) in [4.78, 5) is 0. The first-order valence-corrected chi connectivity index (χ1v) is 10.5. The number of fused-ring (bicyclic) bond motifs is 1. The lowest BCUT2D eigenvalue weighted by Crippen LogP contribution is -1.96. The van der Waals surface area contributed by atoms with E-state index in [0.29, 0.717) is 0 Å². The summed E-state index contributed by atoms with van der Waals surface area (Å²) in [5.74, 6) is 0. The SMILES string of the molecule is C=C(C)/C=C/c1ccc(/C(C(=C)CC)=C(/CC)c2ccc3c(c2)CCC3)cc1. The Kier molecular flexibility index (Phi) is 6.52. The zero-order valence-electron chi connectivity index (χ0n) is 17.6. The van der Waals surface area contributed by atoms with Crippen molar-refractivity contribution in [2.75, 3.05) is 0 Å². The maximum Gasteiger partial charge on any atom is -0.0120 e. The average Bonchev–Trinajstić information content (AvgIpc) is 3.18. The van der Waals surface area contributed by atoms with Gasteiger partial charge in [0, 0.05) is 0 Å². The highest BCUT2D eigenvalue weighted by Gasteiger charge is 2.16. The van der Waals surface area contributed by atoms with Crippen LogP contribution in [0.2, 0.25) is 0 Å². The molecule has 1 aliphatic carbocycles. The Morgan fingerprint density at radius 2 is 1.57 bits per heavy atom. The number of rotatable bonds is 7. The Balaban J connectivity index is 2.07. The molecular formula is C28H32. The minimum Gasteiger partial charge on any atom is -0.0961 e. The molecule has 0 aromatic heterocycles. The minimum atomic E-state index is 0.959. The van der Waals surface area contributed by atoms with Crippen molar-refractivity contribution < 1.29 is 0 Å². The van der Waals surface area contributed by atoms with E-state index in [1.54, 1.807) is 0 Å². The fourth-order valence-corrected chi connectivity index (χ4v) is 4.05. The number of allylic oxidation sites excluding steroid dienone is 5. The van der Waals surface area contributed by atoms with Gasteiger partial charge in [0.1, 0.15) is 0 Å². The van der Waals surface area contributed by atoms with Crippen molar-refractivity contribution in [2.24, 2.45) is 0 Å². The molecular weight excluding hydrogens is 336 g/mol. The van der Waals surface area contributed by atoms with Crippen molar-refractivity contribution in [2.45, 2.75) is 52.9 Å². The molecule has 2 aromatic rings. The second kappa shape index (κ2) is 9.06. The Hall–Kier alpha value is -2.60. The van der Waals surface area contributed by atoms with E-state index in [1.165, 1.54) is 63.8 Å². The van der Waals surface area contributed by atoms with E-state index < -0.39 is 0 Å². The van der Waals surface area contributed by atoms with Gasteiger partial charge in [0.15, 0.2) is 0 Å². The van der Waals surface area contributed by atoms with Crippen LogP contribution in [0.5, 0.6) is 0 Å².